The molecule has 0 unspecified atom stereocenters. The van der Waals surface area contributed by atoms with Crippen LogP contribution in [0, 0.1) is 5.41 Å². The van der Waals surface area contributed by atoms with Gasteiger partial charge in [-0.2, -0.15) is 0 Å². The summed E-state index contributed by atoms with van der Waals surface area (Å²) in [4.78, 5) is 38.9. The van der Waals surface area contributed by atoms with Gasteiger partial charge in [0.1, 0.15) is 11.4 Å². The number of carbonyl (C=O) groups is 3. The van der Waals surface area contributed by atoms with Gasteiger partial charge in [-0.3, -0.25) is 9.59 Å². The Bertz CT molecular complexity index is 738. The molecule has 5 nitrogen and oxygen atoms in total. The SMILES string of the molecule is CC(C)(C)OC(=O)N1C(=O)C=C[C@@H]1[C@@H](CC(=O)C(C)(C)C)c1ccccc1. The fraction of sp³-hybridized carbons (Fsp3) is 0.500. The topological polar surface area (TPSA) is 63.7 Å². The lowest BCUT2D eigenvalue weighted by Gasteiger charge is -2.33. The number of Topliss-reactive ketones (excluding diaryl/α,β-unsaturated/α-hetero) is 1. The van der Waals surface area contributed by atoms with Crippen molar-refractivity contribution in [1.82, 2.24) is 4.90 Å². The van der Waals surface area contributed by atoms with Gasteiger partial charge in [0.25, 0.3) is 5.91 Å². The molecule has 1 heterocycles. The van der Waals surface area contributed by atoms with Crippen molar-refractivity contribution in [3.8, 4) is 0 Å². The van der Waals surface area contributed by atoms with Crippen molar-refractivity contribution in [3.05, 3.63) is 48.0 Å². The van der Waals surface area contributed by atoms with E-state index >= 15 is 0 Å². The first kappa shape index (κ1) is 20.9. The third kappa shape index (κ3) is 5.28. The van der Waals surface area contributed by atoms with Crippen LogP contribution >= 0.6 is 0 Å². The summed E-state index contributed by atoms with van der Waals surface area (Å²) < 4.78 is 5.42. The van der Waals surface area contributed by atoms with Crippen molar-refractivity contribution >= 4 is 17.8 Å². The fourth-order valence-electron chi connectivity index (χ4n) is 2.97. The van der Waals surface area contributed by atoms with E-state index in [1.165, 1.54) is 6.08 Å². The molecule has 1 aromatic rings. The fourth-order valence-corrected chi connectivity index (χ4v) is 2.97. The van der Waals surface area contributed by atoms with Crippen molar-refractivity contribution < 1.29 is 19.1 Å². The molecule has 0 aromatic heterocycles. The third-order valence-corrected chi connectivity index (χ3v) is 4.44. The molecule has 0 saturated heterocycles. The number of hydrogen-bond acceptors (Lipinski definition) is 4. The van der Waals surface area contributed by atoms with Crippen LogP contribution in [0.2, 0.25) is 0 Å². The lowest BCUT2D eigenvalue weighted by Crippen LogP contribution is -2.45. The molecule has 0 bridgehead atoms. The summed E-state index contributed by atoms with van der Waals surface area (Å²) in [6, 6.07) is 8.97. The van der Waals surface area contributed by atoms with Crippen LogP contribution in [-0.2, 0) is 14.3 Å². The third-order valence-electron chi connectivity index (χ3n) is 4.44. The van der Waals surface area contributed by atoms with Crippen molar-refractivity contribution in [1.29, 1.82) is 0 Å². The zero-order valence-corrected chi connectivity index (χ0v) is 17.0. The molecule has 0 spiro atoms. The number of ketones is 1. The van der Waals surface area contributed by atoms with Crippen LogP contribution in [0.3, 0.4) is 0 Å². The van der Waals surface area contributed by atoms with Crippen LogP contribution in [0.1, 0.15) is 59.4 Å². The van der Waals surface area contributed by atoms with Crippen molar-refractivity contribution in [2.75, 3.05) is 0 Å². The average Bonchev–Trinajstić information content (AvgIpc) is 2.92. The average molecular weight is 371 g/mol. The van der Waals surface area contributed by atoms with Gasteiger partial charge in [-0.25, -0.2) is 9.69 Å². The second-order valence-electron chi connectivity index (χ2n) is 8.93. The Morgan fingerprint density at radius 2 is 1.67 bits per heavy atom. The smallest absolute Gasteiger partial charge is 0.417 e. The van der Waals surface area contributed by atoms with Crippen LogP contribution in [0.25, 0.3) is 0 Å². The number of benzene rings is 1. The molecular weight excluding hydrogens is 342 g/mol. The minimum Gasteiger partial charge on any atom is -0.443 e. The second-order valence-corrected chi connectivity index (χ2v) is 8.93. The molecule has 1 aliphatic heterocycles. The summed E-state index contributed by atoms with van der Waals surface area (Å²) in [5, 5.41) is 0. The van der Waals surface area contributed by atoms with E-state index in [1.807, 2.05) is 51.1 Å². The van der Waals surface area contributed by atoms with Gasteiger partial charge in [0.05, 0.1) is 6.04 Å². The van der Waals surface area contributed by atoms with Crippen LogP contribution in [0.5, 0.6) is 0 Å². The van der Waals surface area contributed by atoms with Gasteiger partial charge < -0.3 is 4.74 Å². The van der Waals surface area contributed by atoms with Crippen molar-refractivity contribution in [2.45, 2.75) is 65.5 Å². The van der Waals surface area contributed by atoms with E-state index in [2.05, 4.69) is 0 Å². The molecule has 0 N–H and O–H groups in total. The largest absolute Gasteiger partial charge is 0.443 e. The molecule has 0 aliphatic carbocycles. The van der Waals surface area contributed by atoms with Crippen molar-refractivity contribution in [3.63, 3.8) is 0 Å². The molecule has 0 radical (unpaired) electrons. The van der Waals surface area contributed by atoms with Gasteiger partial charge in [-0.15, -0.1) is 0 Å². The minimum absolute atomic E-state index is 0.0771. The van der Waals surface area contributed by atoms with Crippen LogP contribution in [0.4, 0.5) is 4.79 Å². The zero-order valence-electron chi connectivity index (χ0n) is 17.0. The van der Waals surface area contributed by atoms with Crippen LogP contribution in [-0.4, -0.2) is 34.3 Å². The first-order chi connectivity index (χ1) is 12.4. The molecule has 5 heteroatoms. The number of ether oxygens (including phenoxy) is 1. The summed E-state index contributed by atoms with van der Waals surface area (Å²) in [5.41, 5.74) is -0.308. The maximum atomic E-state index is 12.7. The predicted octanol–water partition coefficient (Wildman–Crippen LogP) is 4.48. The summed E-state index contributed by atoms with van der Waals surface area (Å²) in [6.07, 6.45) is 2.62. The van der Waals surface area contributed by atoms with Gasteiger partial charge in [-0.05, 0) is 26.3 Å². The monoisotopic (exact) mass is 371 g/mol. The quantitative estimate of drug-likeness (QED) is 0.783. The number of imide groups is 1. The number of rotatable bonds is 4. The van der Waals surface area contributed by atoms with E-state index in [-0.39, 0.29) is 18.1 Å². The van der Waals surface area contributed by atoms with Crippen LogP contribution in [0.15, 0.2) is 42.5 Å². The summed E-state index contributed by atoms with van der Waals surface area (Å²) in [5.74, 6) is -0.667. The molecule has 146 valence electrons. The lowest BCUT2D eigenvalue weighted by atomic mass is 9.80. The standard InChI is InChI=1S/C22H29NO4/c1-21(2,3)18(24)14-16(15-10-8-7-9-11-15)17-12-13-19(25)23(17)20(26)27-22(4,5)6/h7-13,16-17H,14H2,1-6H3/t16-,17+/m0/s1. The zero-order chi connectivity index (χ0) is 20.4. The molecule has 1 aromatic carbocycles. The van der Waals surface area contributed by atoms with E-state index in [9.17, 15) is 14.4 Å². The van der Waals surface area contributed by atoms with E-state index in [0.29, 0.717) is 0 Å². The Kier molecular flexibility index (Phi) is 5.93. The lowest BCUT2D eigenvalue weighted by molar-refractivity contribution is -0.129. The number of hydrogen-bond donors (Lipinski definition) is 0. The highest BCUT2D eigenvalue weighted by atomic mass is 16.6. The molecule has 2 amide bonds. The second kappa shape index (κ2) is 7.67. The number of nitrogens with zero attached hydrogens (tertiary/aromatic N) is 1. The van der Waals surface area contributed by atoms with E-state index in [1.54, 1.807) is 26.8 Å². The Balaban J connectivity index is 2.38. The predicted molar refractivity (Wildman–Crippen MR) is 104 cm³/mol. The molecule has 1 aliphatic rings. The molecule has 2 atom stereocenters. The molecule has 27 heavy (non-hydrogen) atoms. The van der Waals surface area contributed by atoms with Crippen LogP contribution < -0.4 is 0 Å². The molecule has 0 fully saturated rings. The van der Waals surface area contributed by atoms with Gasteiger partial charge in [0, 0.05) is 23.8 Å². The minimum atomic E-state index is -0.714. The first-order valence-corrected chi connectivity index (χ1v) is 9.23. The van der Waals surface area contributed by atoms with Gasteiger partial charge >= 0.3 is 6.09 Å². The van der Waals surface area contributed by atoms with E-state index in [0.717, 1.165) is 10.5 Å². The van der Waals surface area contributed by atoms with E-state index in [4.69, 9.17) is 4.74 Å². The van der Waals surface area contributed by atoms with Gasteiger partial charge in [0.2, 0.25) is 0 Å². The Morgan fingerprint density at radius 1 is 1.07 bits per heavy atom. The van der Waals surface area contributed by atoms with Crippen molar-refractivity contribution in [2.24, 2.45) is 5.41 Å². The number of amides is 2. The first-order valence-electron chi connectivity index (χ1n) is 9.23. The van der Waals surface area contributed by atoms with E-state index < -0.39 is 29.1 Å². The Labute approximate surface area is 161 Å². The summed E-state index contributed by atoms with van der Waals surface area (Å²) in [7, 11) is 0. The highest BCUT2D eigenvalue weighted by Crippen LogP contribution is 2.34. The molecule has 2 rings (SSSR count). The molecular formula is C22H29NO4. The highest BCUT2D eigenvalue weighted by molar-refractivity contribution is 6.02. The molecule has 0 saturated carbocycles. The Morgan fingerprint density at radius 3 is 2.19 bits per heavy atom. The van der Waals surface area contributed by atoms with Gasteiger partial charge in [0.15, 0.2) is 0 Å². The normalized spacial score (nSPS) is 18.5. The highest BCUT2D eigenvalue weighted by Gasteiger charge is 2.41. The summed E-state index contributed by atoms with van der Waals surface area (Å²) in [6.45, 7) is 10.9. The maximum absolute atomic E-state index is 12.7. The summed E-state index contributed by atoms with van der Waals surface area (Å²) >= 11 is 0. The number of carbonyl (C=O) groups excluding carboxylic acids is 3. The maximum Gasteiger partial charge on any atom is 0.417 e. The van der Waals surface area contributed by atoms with Gasteiger partial charge in [-0.1, -0.05) is 57.2 Å². The Hall–Kier alpha value is -2.43.